The van der Waals surface area contributed by atoms with E-state index < -0.39 is 6.10 Å². The van der Waals surface area contributed by atoms with Gasteiger partial charge in [-0.1, -0.05) is 0 Å². The van der Waals surface area contributed by atoms with Crippen molar-refractivity contribution in [3.8, 4) is 0 Å². The van der Waals surface area contributed by atoms with Crippen LogP contribution in [-0.4, -0.2) is 50.9 Å². The van der Waals surface area contributed by atoms with Crippen molar-refractivity contribution in [2.75, 3.05) is 13.1 Å². The van der Waals surface area contributed by atoms with E-state index in [-0.39, 0.29) is 17.6 Å². The highest BCUT2D eigenvalue weighted by molar-refractivity contribution is 7.15. The van der Waals surface area contributed by atoms with Crippen LogP contribution in [0.4, 0.5) is 0 Å². The number of hydrogen-bond acceptors (Lipinski definition) is 6. The van der Waals surface area contributed by atoms with Gasteiger partial charge in [-0.05, 0) is 25.5 Å². The highest BCUT2D eigenvalue weighted by Gasteiger charge is 2.35. The van der Waals surface area contributed by atoms with Crippen LogP contribution in [0.1, 0.15) is 32.0 Å². The molecule has 3 heterocycles. The SMILES string of the molecule is CC(=O)c1ccc(C(=O)N2CC(O)C(Cc3cnccn3)C2)s1. The molecule has 2 aromatic rings. The zero-order chi connectivity index (χ0) is 16.4. The number of carbonyl (C=O) groups excluding carboxylic acids is 2. The minimum atomic E-state index is -0.576. The first-order valence-corrected chi connectivity index (χ1v) is 8.19. The monoisotopic (exact) mass is 331 g/mol. The average molecular weight is 331 g/mol. The van der Waals surface area contributed by atoms with Gasteiger partial charge < -0.3 is 10.0 Å². The van der Waals surface area contributed by atoms with Crippen LogP contribution in [0.25, 0.3) is 0 Å². The summed E-state index contributed by atoms with van der Waals surface area (Å²) in [6.45, 7) is 2.26. The Labute approximate surface area is 137 Å². The predicted octanol–water partition coefficient (Wildman–Crippen LogP) is 1.42. The first kappa shape index (κ1) is 15.8. The van der Waals surface area contributed by atoms with E-state index in [1.54, 1.807) is 35.6 Å². The Morgan fingerprint density at radius 3 is 2.74 bits per heavy atom. The number of thiophene rings is 1. The number of hydrogen-bond donors (Lipinski definition) is 1. The summed E-state index contributed by atoms with van der Waals surface area (Å²) in [4.78, 5) is 34.8. The van der Waals surface area contributed by atoms with Gasteiger partial charge in [-0.3, -0.25) is 19.6 Å². The van der Waals surface area contributed by atoms with Crippen LogP contribution in [0.15, 0.2) is 30.7 Å². The molecule has 1 aliphatic heterocycles. The molecule has 0 aliphatic carbocycles. The minimum Gasteiger partial charge on any atom is -0.391 e. The summed E-state index contributed by atoms with van der Waals surface area (Å²) in [5.74, 6) is -0.234. The summed E-state index contributed by atoms with van der Waals surface area (Å²) in [7, 11) is 0. The van der Waals surface area contributed by atoms with E-state index in [4.69, 9.17) is 0 Å². The Hall–Kier alpha value is -2.12. The number of amides is 1. The molecule has 0 radical (unpaired) electrons. The number of likely N-dealkylation sites (tertiary alicyclic amines) is 1. The number of aromatic nitrogens is 2. The smallest absolute Gasteiger partial charge is 0.264 e. The Morgan fingerprint density at radius 1 is 1.30 bits per heavy atom. The maximum atomic E-state index is 12.5. The molecule has 120 valence electrons. The lowest BCUT2D eigenvalue weighted by Crippen LogP contribution is -2.28. The molecule has 6 nitrogen and oxygen atoms in total. The number of carbonyl (C=O) groups is 2. The molecule has 1 amide bonds. The average Bonchev–Trinajstić information content (AvgIpc) is 3.16. The van der Waals surface area contributed by atoms with Gasteiger partial charge >= 0.3 is 0 Å². The zero-order valence-electron chi connectivity index (χ0n) is 12.7. The molecule has 1 saturated heterocycles. The van der Waals surface area contributed by atoms with E-state index in [1.165, 1.54) is 18.3 Å². The lowest BCUT2D eigenvalue weighted by Gasteiger charge is -2.14. The number of ketones is 1. The summed E-state index contributed by atoms with van der Waals surface area (Å²) < 4.78 is 0. The third-order valence-electron chi connectivity index (χ3n) is 3.95. The summed E-state index contributed by atoms with van der Waals surface area (Å²) >= 11 is 1.20. The van der Waals surface area contributed by atoms with E-state index in [1.807, 2.05) is 0 Å². The number of β-amino-alcohol motifs (C(OH)–C–C–N with tert-alkyl or cyclic N) is 1. The molecule has 1 N–H and O–H groups in total. The summed E-state index contributed by atoms with van der Waals surface area (Å²) in [5.41, 5.74) is 0.806. The normalized spacial score (nSPS) is 20.7. The first-order chi connectivity index (χ1) is 11.0. The topological polar surface area (TPSA) is 83.4 Å². The van der Waals surface area contributed by atoms with Crippen molar-refractivity contribution >= 4 is 23.0 Å². The molecule has 0 aromatic carbocycles. The third kappa shape index (κ3) is 3.46. The Morgan fingerprint density at radius 2 is 2.09 bits per heavy atom. The molecule has 1 aliphatic rings. The third-order valence-corrected chi connectivity index (χ3v) is 5.12. The molecule has 0 bridgehead atoms. The van der Waals surface area contributed by atoms with Gasteiger partial charge in [0.2, 0.25) is 0 Å². The van der Waals surface area contributed by atoms with Crippen LogP contribution in [0.3, 0.4) is 0 Å². The second-order valence-corrected chi connectivity index (χ2v) is 6.74. The number of nitrogens with zero attached hydrogens (tertiary/aromatic N) is 3. The number of rotatable bonds is 4. The maximum Gasteiger partial charge on any atom is 0.264 e. The fraction of sp³-hybridized carbons (Fsp3) is 0.375. The molecule has 0 spiro atoms. The van der Waals surface area contributed by atoms with Crippen LogP contribution in [-0.2, 0) is 6.42 Å². The zero-order valence-corrected chi connectivity index (χ0v) is 13.5. The Balaban J connectivity index is 1.67. The highest BCUT2D eigenvalue weighted by Crippen LogP contribution is 2.25. The van der Waals surface area contributed by atoms with Gasteiger partial charge in [-0.25, -0.2) is 0 Å². The first-order valence-electron chi connectivity index (χ1n) is 7.37. The number of aliphatic hydroxyl groups excluding tert-OH is 1. The van der Waals surface area contributed by atoms with E-state index in [0.29, 0.717) is 29.3 Å². The lowest BCUT2D eigenvalue weighted by molar-refractivity contribution is 0.0769. The van der Waals surface area contributed by atoms with Crippen LogP contribution in [0.5, 0.6) is 0 Å². The Kier molecular flexibility index (Phi) is 4.49. The van der Waals surface area contributed by atoms with E-state index in [9.17, 15) is 14.7 Å². The molecule has 2 unspecified atom stereocenters. The van der Waals surface area contributed by atoms with Gasteiger partial charge in [0, 0.05) is 37.6 Å². The van der Waals surface area contributed by atoms with Crippen molar-refractivity contribution in [2.24, 2.45) is 5.92 Å². The quantitative estimate of drug-likeness (QED) is 0.857. The summed E-state index contributed by atoms with van der Waals surface area (Å²) in [5, 5.41) is 10.2. The fourth-order valence-corrected chi connectivity index (χ4v) is 3.59. The molecule has 3 rings (SSSR count). The van der Waals surface area contributed by atoms with Gasteiger partial charge in [0.25, 0.3) is 5.91 Å². The second-order valence-electron chi connectivity index (χ2n) is 5.66. The van der Waals surface area contributed by atoms with Crippen molar-refractivity contribution < 1.29 is 14.7 Å². The standard InChI is InChI=1S/C16H17N3O3S/c1-10(20)14-2-3-15(23-14)16(22)19-8-11(13(21)9-19)6-12-7-17-4-5-18-12/h2-5,7,11,13,21H,6,8-9H2,1H3. The lowest BCUT2D eigenvalue weighted by atomic mass is 10.0. The van der Waals surface area contributed by atoms with Crippen molar-refractivity contribution in [1.82, 2.24) is 14.9 Å². The molecule has 1 fully saturated rings. The maximum absolute atomic E-state index is 12.5. The number of aliphatic hydroxyl groups is 1. The van der Waals surface area contributed by atoms with Crippen LogP contribution < -0.4 is 0 Å². The molecular weight excluding hydrogens is 314 g/mol. The van der Waals surface area contributed by atoms with Gasteiger partial charge in [0.05, 0.1) is 21.6 Å². The van der Waals surface area contributed by atoms with Crippen molar-refractivity contribution in [3.05, 3.63) is 46.2 Å². The predicted molar refractivity (Wildman–Crippen MR) is 85.5 cm³/mol. The van der Waals surface area contributed by atoms with Gasteiger partial charge in [-0.2, -0.15) is 0 Å². The molecule has 2 aromatic heterocycles. The summed E-state index contributed by atoms with van der Waals surface area (Å²) in [6, 6.07) is 3.34. The van der Waals surface area contributed by atoms with Crippen LogP contribution in [0.2, 0.25) is 0 Å². The van der Waals surface area contributed by atoms with Crippen molar-refractivity contribution in [2.45, 2.75) is 19.4 Å². The van der Waals surface area contributed by atoms with Crippen molar-refractivity contribution in [3.63, 3.8) is 0 Å². The number of Topliss-reactive ketones (excluding diaryl/α,β-unsaturated/α-hetero) is 1. The van der Waals surface area contributed by atoms with E-state index in [0.717, 1.165) is 5.69 Å². The largest absolute Gasteiger partial charge is 0.391 e. The molecule has 7 heteroatoms. The molecule has 2 atom stereocenters. The van der Waals surface area contributed by atoms with Gasteiger partial charge in [0.1, 0.15) is 0 Å². The fourth-order valence-electron chi connectivity index (χ4n) is 2.72. The van der Waals surface area contributed by atoms with E-state index >= 15 is 0 Å². The van der Waals surface area contributed by atoms with Crippen LogP contribution in [0, 0.1) is 5.92 Å². The minimum absolute atomic E-state index is 0.0453. The molecular formula is C16H17N3O3S. The second kappa shape index (κ2) is 6.55. The van der Waals surface area contributed by atoms with Crippen LogP contribution >= 0.6 is 11.3 Å². The van der Waals surface area contributed by atoms with Crippen molar-refractivity contribution in [1.29, 1.82) is 0 Å². The van der Waals surface area contributed by atoms with Gasteiger partial charge in [0.15, 0.2) is 5.78 Å². The van der Waals surface area contributed by atoms with E-state index in [2.05, 4.69) is 9.97 Å². The highest BCUT2D eigenvalue weighted by atomic mass is 32.1. The van der Waals surface area contributed by atoms with Gasteiger partial charge in [-0.15, -0.1) is 11.3 Å². The Bertz CT molecular complexity index is 716. The molecule has 23 heavy (non-hydrogen) atoms. The summed E-state index contributed by atoms with van der Waals surface area (Å²) in [6.07, 6.45) is 4.91. The molecule has 0 saturated carbocycles.